The number of benzene rings is 1. The summed E-state index contributed by atoms with van der Waals surface area (Å²) >= 11 is 0. The second-order valence-corrected chi connectivity index (χ2v) is 8.62. The summed E-state index contributed by atoms with van der Waals surface area (Å²) in [6.45, 7) is 2.08. The van der Waals surface area contributed by atoms with Crippen LogP contribution in [0.25, 0.3) is 11.3 Å². The van der Waals surface area contributed by atoms with E-state index >= 15 is 0 Å². The van der Waals surface area contributed by atoms with Gasteiger partial charge >= 0.3 is 0 Å². The lowest BCUT2D eigenvalue weighted by Gasteiger charge is -2.35. The second-order valence-electron chi connectivity index (χ2n) is 8.62. The van der Waals surface area contributed by atoms with Crippen LogP contribution < -0.4 is 9.64 Å². The molecule has 2 aromatic heterocycles. The van der Waals surface area contributed by atoms with Crippen LogP contribution in [0.1, 0.15) is 16.9 Å². The molecule has 1 N–H and O–H groups in total. The van der Waals surface area contributed by atoms with Gasteiger partial charge < -0.3 is 19.4 Å². The summed E-state index contributed by atoms with van der Waals surface area (Å²) in [5.41, 5.74) is 2.72. The molecule has 2 fully saturated rings. The molecule has 1 atom stereocenters. The van der Waals surface area contributed by atoms with E-state index in [1.165, 1.54) is 0 Å². The average molecular weight is 475 g/mol. The van der Waals surface area contributed by atoms with E-state index in [0.29, 0.717) is 49.9 Å². The first-order valence-electron chi connectivity index (χ1n) is 11.5. The van der Waals surface area contributed by atoms with Gasteiger partial charge in [0.15, 0.2) is 0 Å². The van der Waals surface area contributed by atoms with Crippen LogP contribution in [0, 0.1) is 5.92 Å². The van der Waals surface area contributed by atoms with Gasteiger partial charge in [0.25, 0.3) is 5.91 Å². The van der Waals surface area contributed by atoms with Gasteiger partial charge in [0.05, 0.1) is 18.7 Å². The van der Waals surface area contributed by atoms with Crippen molar-refractivity contribution in [1.29, 1.82) is 0 Å². The van der Waals surface area contributed by atoms with Crippen molar-refractivity contribution in [3.63, 3.8) is 0 Å². The Morgan fingerprint density at radius 2 is 1.69 bits per heavy atom. The zero-order valence-electron chi connectivity index (χ0n) is 19.4. The standard InChI is InChI=1S/C25H26N6O4/c1-35-20-4-2-19(3-5-20)31-16-18(14-23(31)32)24(33)29-10-12-30(13-11-29)25(34)22-15-21(27-28-22)17-6-8-26-9-7-17/h2-9,15,18H,10-14,16H2,1H3,(H,27,28)/t18-/m0/s1. The molecule has 2 saturated heterocycles. The highest BCUT2D eigenvalue weighted by Gasteiger charge is 2.38. The molecule has 2 aliphatic heterocycles. The van der Waals surface area contributed by atoms with Gasteiger partial charge in [-0.2, -0.15) is 5.10 Å². The molecule has 0 aliphatic carbocycles. The van der Waals surface area contributed by atoms with Gasteiger partial charge in [0.1, 0.15) is 11.4 Å². The number of carbonyl (C=O) groups excluding carboxylic acids is 3. The number of aromatic amines is 1. The molecular formula is C25H26N6O4. The summed E-state index contributed by atoms with van der Waals surface area (Å²) in [5.74, 6) is 0.0766. The molecule has 0 bridgehead atoms. The van der Waals surface area contributed by atoms with Crippen LogP contribution in [0.5, 0.6) is 5.75 Å². The number of hydrogen-bond donors (Lipinski definition) is 1. The Morgan fingerprint density at radius 3 is 2.37 bits per heavy atom. The molecule has 0 saturated carbocycles. The lowest BCUT2D eigenvalue weighted by Crippen LogP contribution is -2.52. The number of amides is 3. The maximum Gasteiger partial charge on any atom is 0.272 e. The van der Waals surface area contributed by atoms with E-state index < -0.39 is 0 Å². The van der Waals surface area contributed by atoms with Crippen molar-refractivity contribution in [1.82, 2.24) is 25.0 Å². The van der Waals surface area contributed by atoms with Crippen molar-refractivity contribution >= 4 is 23.4 Å². The highest BCUT2D eigenvalue weighted by atomic mass is 16.5. The third-order valence-corrected chi connectivity index (χ3v) is 6.52. The third-order valence-electron chi connectivity index (χ3n) is 6.52. The Kier molecular flexibility index (Phi) is 6.17. The van der Waals surface area contributed by atoms with E-state index in [4.69, 9.17) is 4.74 Å². The largest absolute Gasteiger partial charge is 0.497 e. The lowest BCUT2D eigenvalue weighted by molar-refractivity contribution is -0.137. The van der Waals surface area contributed by atoms with Crippen molar-refractivity contribution < 1.29 is 19.1 Å². The van der Waals surface area contributed by atoms with E-state index in [0.717, 1.165) is 11.3 Å². The summed E-state index contributed by atoms with van der Waals surface area (Å²) < 4.78 is 5.17. The fourth-order valence-electron chi connectivity index (χ4n) is 4.55. The molecular weight excluding hydrogens is 448 g/mol. The molecule has 0 radical (unpaired) electrons. The fraction of sp³-hybridized carbons (Fsp3) is 0.320. The summed E-state index contributed by atoms with van der Waals surface area (Å²) in [4.78, 5) is 47.8. The number of anilines is 1. The molecule has 35 heavy (non-hydrogen) atoms. The molecule has 0 unspecified atom stereocenters. The smallest absolute Gasteiger partial charge is 0.272 e. The van der Waals surface area contributed by atoms with Gasteiger partial charge in [-0.15, -0.1) is 0 Å². The van der Waals surface area contributed by atoms with Crippen LogP contribution in [0.3, 0.4) is 0 Å². The summed E-state index contributed by atoms with van der Waals surface area (Å²) in [5, 5.41) is 7.06. The number of piperazine rings is 1. The number of nitrogens with zero attached hydrogens (tertiary/aromatic N) is 5. The van der Waals surface area contributed by atoms with Crippen LogP contribution in [0.15, 0.2) is 54.9 Å². The average Bonchev–Trinajstić information content (AvgIpc) is 3.56. The Bertz CT molecular complexity index is 1220. The SMILES string of the molecule is COc1ccc(N2C[C@@H](C(=O)N3CCN(C(=O)c4cc(-c5ccncc5)n[nH]4)CC3)CC2=O)cc1. The Hall–Kier alpha value is -4.21. The highest BCUT2D eigenvalue weighted by Crippen LogP contribution is 2.28. The quantitative estimate of drug-likeness (QED) is 0.604. The third kappa shape index (κ3) is 4.59. The van der Waals surface area contributed by atoms with Crippen molar-refractivity contribution in [3.8, 4) is 17.0 Å². The normalized spacial score (nSPS) is 18.1. The number of pyridine rings is 1. The minimum Gasteiger partial charge on any atom is -0.497 e. The van der Waals surface area contributed by atoms with E-state index in [9.17, 15) is 14.4 Å². The van der Waals surface area contributed by atoms with Crippen LogP contribution in [-0.2, 0) is 9.59 Å². The monoisotopic (exact) mass is 474 g/mol. The van der Waals surface area contributed by atoms with E-state index in [1.54, 1.807) is 52.4 Å². The second kappa shape index (κ2) is 9.57. The van der Waals surface area contributed by atoms with Crippen molar-refractivity contribution in [3.05, 3.63) is 60.6 Å². The van der Waals surface area contributed by atoms with E-state index in [2.05, 4.69) is 15.2 Å². The molecule has 10 heteroatoms. The summed E-state index contributed by atoms with van der Waals surface area (Å²) in [6.07, 6.45) is 3.54. The van der Waals surface area contributed by atoms with Gasteiger partial charge in [-0.3, -0.25) is 24.5 Å². The van der Waals surface area contributed by atoms with Crippen LogP contribution in [-0.4, -0.2) is 82.5 Å². The number of ether oxygens (including phenoxy) is 1. The first-order valence-corrected chi connectivity index (χ1v) is 11.5. The molecule has 10 nitrogen and oxygen atoms in total. The van der Waals surface area contributed by atoms with Crippen molar-refractivity contribution in [2.45, 2.75) is 6.42 Å². The minimum absolute atomic E-state index is 0.0389. The molecule has 1 aromatic carbocycles. The van der Waals surface area contributed by atoms with Crippen LogP contribution in [0.4, 0.5) is 5.69 Å². The van der Waals surface area contributed by atoms with Crippen LogP contribution in [0.2, 0.25) is 0 Å². The van der Waals surface area contributed by atoms with Gasteiger partial charge in [0.2, 0.25) is 11.8 Å². The van der Waals surface area contributed by atoms with Crippen molar-refractivity contribution in [2.75, 3.05) is 44.7 Å². The number of rotatable bonds is 5. The number of aromatic nitrogens is 3. The zero-order valence-corrected chi connectivity index (χ0v) is 19.4. The van der Waals surface area contributed by atoms with Crippen molar-refractivity contribution in [2.24, 2.45) is 5.92 Å². The molecule has 2 aliphatic rings. The number of carbonyl (C=O) groups is 3. The number of nitrogens with one attached hydrogen (secondary N) is 1. The van der Waals surface area contributed by atoms with Gasteiger partial charge in [-0.1, -0.05) is 0 Å². The molecule has 3 amide bonds. The van der Waals surface area contributed by atoms with Gasteiger partial charge in [0, 0.05) is 62.8 Å². The van der Waals surface area contributed by atoms with E-state index in [-0.39, 0.29) is 30.1 Å². The van der Waals surface area contributed by atoms with E-state index in [1.807, 2.05) is 24.3 Å². The van der Waals surface area contributed by atoms with Gasteiger partial charge in [-0.25, -0.2) is 0 Å². The Labute approximate surface area is 202 Å². The molecule has 0 spiro atoms. The Morgan fingerprint density at radius 1 is 1.00 bits per heavy atom. The topological polar surface area (TPSA) is 112 Å². The first-order chi connectivity index (χ1) is 17.0. The predicted molar refractivity (Wildman–Crippen MR) is 128 cm³/mol. The molecule has 3 aromatic rings. The first kappa shape index (κ1) is 22.6. The van der Waals surface area contributed by atoms with Gasteiger partial charge in [-0.05, 0) is 42.5 Å². The maximum atomic E-state index is 13.1. The zero-order chi connectivity index (χ0) is 24.4. The predicted octanol–water partition coefficient (Wildman–Crippen LogP) is 1.82. The summed E-state index contributed by atoms with van der Waals surface area (Å²) in [7, 11) is 1.59. The molecule has 180 valence electrons. The highest BCUT2D eigenvalue weighted by molar-refractivity contribution is 6.00. The molecule has 4 heterocycles. The number of hydrogen-bond acceptors (Lipinski definition) is 6. The number of methoxy groups -OCH3 is 1. The lowest BCUT2D eigenvalue weighted by atomic mass is 10.1. The summed E-state index contributed by atoms with van der Waals surface area (Å²) in [6, 6.07) is 12.6. The number of H-pyrrole nitrogens is 1. The maximum absolute atomic E-state index is 13.1. The molecule has 5 rings (SSSR count). The minimum atomic E-state index is -0.387. The Balaban J connectivity index is 1.17. The van der Waals surface area contributed by atoms with Crippen LogP contribution >= 0.6 is 0 Å². The fourth-order valence-corrected chi connectivity index (χ4v) is 4.55.